The van der Waals surface area contributed by atoms with E-state index in [0.29, 0.717) is 30.5 Å². The number of benzene rings is 1. The number of halogens is 2. The molecule has 1 atom stereocenters. The molecule has 4 aromatic rings. The van der Waals surface area contributed by atoms with Crippen LogP contribution in [0.5, 0.6) is 5.88 Å². The first-order chi connectivity index (χ1) is 17.9. The maximum Gasteiger partial charge on any atom is 0.251 e. The fourth-order valence-electron chi connectivity index (χ4n) is 5.26. The highest BCUT2D eigenvalue weighted by molar-refractivity contribution is 5.56. The van der Waals surface area contributed by atoms with E-state index < -0.39 is 5.92 Å². The van der Waals surface area contributed by atoms with Gasteiger partial charge in [-0.05, 0) is 49.6 Å². The molecule has 2 aliphatic heterocycles. The Morgan fingerprint density at radius 2 is 1.89 bits per heavy atom. The smallest absolute Gasteiger partial charge is 0.251 e. The molecular formula is C27H29F2N7O. The zero-order chi connectivity index (χ0) is 25.6. The Hall–Kier alpha value is -3.82. The summed E-state index contributed by atoms with van der Waals surface area (Å²) in [4.78, 5) is 16.0. The molecule has 1 aromatic carbocycles. The summed E-state index contributed by atoms with van der Waals surface area (Å²) in [5.41, 5.74) is 4.46. The zero-order valence-corrected chi connectivity index (χ0v) is 20.9. The second-order valence-corrected chi connectivity index (χ2v) is 9.80. The van der Waals surface area contributed by atoms with E-state index in [4.69, 9.17) is 19.8 Å². The van der Waals surface area contributed by atoms with Crippen molar-refractivity contribution in [3.05, 3.63) is 66.0 Å². The largest absolute Gasteiger partial charge is 0.479 e. The molecule has 0 spiro atoms. The fraction of sp³-hybridized carbons (Fsp3) is 0.407. The molecule has 3 aromatic heterocycles. The van der Waals surface area contributed by atoms with Gasteiger partial charge in [-0.15, -0.1) is 5.10 Å². The second kappa shape index (κ2) is 9.24. The Labute approximate surface area is 213 Å². The molecule has 1 saturated heterocycles. The van der Waals surface area contributed by atoms with Gasteiger partial charge in [0.2, 0.25) is 5.88 Å². The molecule has 37 heavy (non-hydrogen) atoms. The highest BCUT2D eigenvalue weighted by Crippen LogP contribution is 2.37. The van der Waals surface area contributed by atoms with Gasteiger partial charge in [0.1, 0.15) is 17.2 Å². The summed E-state index contributed by atoms with van der Waals surface area (Å²) in [5.74, 6) is -0.548. The number of aromatic nitrogens is 6. The summed E-state index contributed by atoms with van der Waals surface area (Å²) in [7, 11) is 1.59. The van der Waals surface area contributed by atoms with Gasteiger partial charge < -0.3 is 14.2 Å². The van der Waals surface area contributed by atoms with Crippen LogP contribution in [0.4, 0.5) is 14.5 Å². The number of ether oxygens (including phenoxy) is 1. The molecular weight excluding hydrogens is 476 g/mol. The molecule has 1 fully saturated rings. The van der Waals surface area contributed by atoms with Crippen molar-refractivity contribution in [2.45, 2.75) is 51.0 Å². The third-order valence-electron chi connectivity index (χ3n) is 7.26. The lowest BCUT2D eigenvalue weighted by molar-refractivity contribution is -0.0220. The van der Waals surface area contributed by atoms with E-state index in [1.165, 1.54) is 0 Å². The van der Waals surface area contributed by atoms with E-state index in [9.17, 15) is 8.78 Å². The number of aryl methyl sites for hydroxylation is 2. The van der Waals surface area contributed by atoms with E-state index >= 15 is 0 Å². The maximum absolute atomic E-state index is 13.7. The summed E-state index contributed by atoms with van der Waals surface area (Å²) in [6, 6.07) is 12.1. The number of hydrogen-bond acceptors (Lipinski definition) is 6. The van der Waals surface area contributed by atoms with Gasteiger partial charge in [0, 0.05) is 50.3 Å². The van der Waals surface area contributed by atoms with Crippen LogP contribution in [0.25, 0.3) is 17.2 Å². The van der Waals surface area contributed by atoms with Gasteiger partial charge in [0.25, 0.3) is 5.92 Å². The lowest BCUT2D eigenvalue weighted by Gasteiger charge is -2.34. The maximum atomic E-state index is 13.7. The van der Waals surface area contributed by atoms with Gasteiger partial charge in [-0.25, -0.2) is 28.4 Å². The van der Waals surface area contributed by atoms with E-state index in [-0.39, 0.29) is 18.8 Å². The van der Waals surface area contributed by atoms with Crippen LogP contribution in [-0.2, 0) is 6.54 Å². The summed E-state index contributed by atoms with van der Waals surface area (Å²) in [6.07, 6.45) is 5.38. The van der Waals surface area contributed by atoms with Crippen LogP contribution in [-0.4, -0.2) is 55.4 Å². The average molecular weight is 506 g/mol. The Balaban J connectivity index is 1.29. The molecule has 0 aliphatic carbocycles. The van der Waals surface area contributed by atoms with Crippen molar-refractivity contribution in [3.8, 4) is 23.1 Å². The third kappa shape index (κ3) is 4.56. The number of imidazole rings is 1. The minimum atomic E-state index is -2.56. The van der Waals surface area contributed by atoms with Gasteiger partial charge in [0.15, 0.2) is 5.82 Å². The highest BCUT2D eigenvalue weighted by atomic mass is 19.3. The van der Waals surface area contributed by atoms with E-state index in [2.05, 4.69) is 22.0 Å². The average Bonchev–Trinajstić information content (AvgIpc) is 3.54. The number of alkyl halides is 2. The van der Waals surface area contributed by atoms with Crippen molar-refractivity contribution in [1.82, 2.24) is 29.3 Å². The number of hydrogen-bond donors (Lipinski definition) is 0. The second-order valence-electron chi connectivity index (χ2n) is 9.80. The number of fused-ring (bicyclic) bond motifs is 1. The van der Waals surface area contributed by atoms with Crippen molar-refractivity contribution in [2.75, 3.05) is 25.1 Å². The van der Waals surface area contributed by atoms with Gasteiger partial charge in [-0.3, -0.25) is 0 Å². The molecule has 0 N–H and O–H groups in total. The van der Waals surface area contributed by atoms with Crippen LogP contribution < -0.4 is 9.64 Å². The van der Waals surface area contributed by atoms with Crippen LogP contribution >= 0.6 is 0 Å². The van der Waals surface area contributed by atoms with Crippen LogP contribution in [0, 0.1) is 6.92 Å². The summed E-state index contributed by atoms with van der Waals surface area (Å²) >= 11 is 0. The molecule has 5 heterocycles. The van der Waals surface area contributed by atoms with Crippen molar-refractivity contribution in [2.24, 2.45) is 0 Å². The summed E-state index contributed by atoms with van der Waals surface area (Å²) < 4.78 is 36.8. The lowest BCUT2D eigenvalue weighted by Crippen LogP contribution is -2.39. The first kappa shape index (κ1) is 23.6. The van der Waals surface area contributed by atoms with Gasteiger partial charge in [0.05, 0.1) is 19.1 Å². The number of rotatable bonds is 5. The Kier molecular flexibility index (Phi) is 5.89. The normalized spacial score (nSPS) is 19.0. The van der Waals surface area contributed by atoms with Crippen molar-refractivity contribution in [1.29, 1.82) is 0 Å². The molecule has 8 nitrogen and oxygen atoms in total. The van der Waals surface area contributed by atoms with Gasteiger partial charge >= 0.3 is 0 Å². The van der Waals surface area contributed by atoms with E-state index in [1.807, 2.05) is 46.6 Å². The molecule has 0 radical (unpaired) electrons. The molecule has 0 bridgehead atoms. The summed E-state index contributed by atoms with van der Waals surface area (Å²) in [6.45, 7) is 3.46. The quantitative estimate of drug-likeness (QED) is 0.380. The monoisotopic (exact) mass is 505 g/mol. The Morgan fingerprint density at radius 3 is 2.65 bits per heavy atom. The highest BCUT2D eigenvalue weighted by Gasteiger charge is 2.34. The van der Waals surface area contributed by atoms with E-state index in [1.54, 1.807) is 13.4 Å². The molecule has 0 unspecified atom stereocenters. The number of methoxy groups -OCH3 is 1. The standard InChI is InChI=1S/C27H29F2N7O/c1-18-16-35(17-30-18)23-9-8-22(31-26(23)37-2)24-32-25-21(7-4-12-36(25)33-24)19-5-3-6-20(15-19)34-13-10-27(28,29)11-14-34/h3,5-6,8-9,15-17,21H,4,7,10-14H2,1-2H3/t21-/m1/s1. The zero-order valence-electron chi connectivity index (χ0n) is 20.9. The van der Waals surface area contributed by atoms with Gasteiger partial charge in [-0.1, -0.05) is 12.1 Å². The minimum Gasteiger partial charge on any atom is -0.479 e. The molecule has 10 heteroatoms. The van der Waals surface area contributed by atoms with Crippen LogP contribution in [0.3, 0.4) is 0 Å². The Morgan fingerprint density at radius 1 is 1.05 bits per heavy atom. The van der Waals surface area contributed by atoms with Crippen molar-refractivity contribution >= 4 is 5.69 Å². The number of pyridine rings is 1. The van der Waals surface area contributed by atoms with Gasteiger partial charge in [-0.2, -0.15) is 0 Å². The molecule has 0 amide bonds. The molecule has 192 valence electrons. The topological polar surface area (TPSA) is 73.9 Å². The third-order valence-corrected chi connectivity index (χ3v) is 7.26. The first-order valence-electron chi connectivity index (χ1n) is 12.6. The van der Waals surface area contributed by atoms with E-state index in [0.717, 1.165) is 47.8 Å². The Bertz CT molecular complexity index is 1420. The van der Waals surface area contributed by atoms with Crippen molar-refractivity contribution in [3.63, 3.8) is 0 Å². The fourth-order valence-corrected chi connectivity index (χ4v) is 5.26. The van der Waals surface area contributed by atoms with Crippen LogP contribution in [0.1, 0.15) is 48.7 Å². The molecule has 2 aliphatic rings. The minimum absolute atomic E-state index is 0.0799. The SMILES string of the molecule is COc1nc(-c2nc3n(n2)CCC[C@@H]3c2cccc(N3CCC(F)(F)CC3)c2)ccc1-n1cnc(C)c1. The first-order valence-corrected chi connectivity index (χ1v) is 12.6. The molecule has 6 rings (SSSR count). The summed E-state index contributed by atoms with van der Waals surface area (Å²) in [5, 5.41) is 4.78. The van der Waals surface area contributed by atoms with Crippen LogP contribution in [0.15, 0.2) is 48.9 Å². The number of piperidine rings is 1. The predicted molar refractivity (Wildman–Crippen MR) is 136 cm³/mol. The number of nitrogens with zero attached hydrogens (tertiary/aromatic N) is 7. The van der Waals surface area contributed by atoms with Crippen molar-refractivity contribution < 1.29 is 13.5 Å². The van der Waals surface area contributed by atoms with Crippen LogP contribution in [0.2, 0.25) is 0 Å². The molecule has 0 saturated carbocycles. The number of anilines is 1. The predicted octanol–water partition coefficient (Wildman–Crippen LogP) is 5.00. The lowest BCUT2D eigenvalue weighted by atomic mass is 9.90.